The quantitative estimate of drug-likeness (QED) is 0.304. The average Bonchev–Trinajstić information content (AvgIpc) is 3.21. The summed E-state index contributed by atoms with van der Waals surface area (Å²) in [4.78, 5) is 21.7. The molecule has 32 heavy (non-hydrogen) atoms. The normalized spacial score (nSPS) is 12.5. The summed E-state index contributed by atoms with van der Waals surface area (Å²) >= 11 is 1.29. The Balaban J connectivity index is 1.63. The molecule has 4 N–H and O–H groups in total. The number of carbonyl (C=O) groups excluding carboxylic acids is 1. The second-order valence-electron chi connectivity index (χ2n) is 6.75. The van der Waals surface area contributed by atoms with Gasteiger partial charge in [-0.3, -0.25) is 9.79 Å². The number of nitrogens with zero attached hydrogens (tertiary/aromatic N) is 2. The van der Waals surface area contributed by atoms with Crippen LogP contribution in [0.4, 0.5) is 35.4 Å². The number of amides is 1. The van der Waals surface area contributed by atoms with E-state index in [2.05, 4.69) is 27.2 Å². The lowest BCUT2D eigenvalue weighted by Crippen LogP contribution is -2.26. The molecular formula is C22H20F3N5OS. The Bertz CT molecular complexity index is 1140. The lowest BCUT2D eigenvalue weighted by molar-refractivity contribution is -0.137. The highest BCUT2D eigenvalue weighted by atomic mass is 32.1. The Labute approximate surface area is 186 Å². The molecule has 1 unspecified atom stereocenters. The number of hydrogen-bond acceptors (Lipinski definition) is 6. The van der Waals surface area contributed by atoms with Gasteiger partial charge in [0.1, 0.15) is 0 Å². The van der Waals surface area contributed by atoms with Crippen molar-refractivity contribution in [1.82, 2.24) is 10.3 Å². The number of aliphatic imine (C=N–C) groups is 1. The van der Waals surface area contributed by atoms with Gasteiger partial charge in [-0.2, -0.15) is 13.2 Å². The first-order valence-corrected chi connectivity index (χ1v) is 10.2. The van der Waals surface area contributed by atoms with Crippen LogP contribution in [0.2, 0.25) is 0 Å². The Morgan fingerprint density at radius 1 is 1.25 bits per heavy atom. The number of benzene rings is 2. The van der Waals surface area contributed by atoms with Crippen molar-refractivity contribution in [3.8, 4) is 0 Å². The zero-order chi connectivity index (χ0) is 23.3. The summed E-state index contributed by atoms with van der Waals surface area (Å²) in [6, 6.07) is 9.14. The summed E-state index contributed by atoms with van der Waals surface area (Å²) in [6.45, 7) is 5.35. The number of aromatic nitrogens is 1. The summed E-state index contributed by atoms with van der Waals surface area (Å²) in [5.74, 6) is -0.311. The zero-order valence-corrected chi connectivity index (χ0v) is 17.8. The summed E-state index contributed by atoms with van der Waals surface area (Å²) in [5, 5.41) is 6.33. The minimum absolute atomic E-state index is 0.311. The summed E-state index contributed by atoms with van der Waals surface area (Å²) < 4.78 is 38.0. The van der Waals surface area contributed by atoms with Crippen LogP contribution in [0.5, 0.6) is 0 Å². The third-order valence-electron chi connectivity index (χ3n) is 4.37. The molecule has 0 saturated heterocycles. The standard InChI is InChI=1S/C22H20F3N5OS/c1-3-10-27-18-9-4-14(11-17(18)26)20(31)29-13(2)19-12-28-21(32-19)30-16-7-5-15(6-8-16)22(23,24)25/h3-13H,1,26H2,2H3,(H,28,30)(H,29,31)/b27-10-. The number of allylic oxidation sites excluding steroid dienone is 1. The number of rotatable bonds is 7. The second-order valence-corrected chi connectivity index (χ2v) is 7.81. The smallest absolute Gasteiger partial charge is 0.397 e. The van der Waals surface area contributed by atoms with Gasteiger partial charge in [-0.25, -0.2) is 4.98 Å². The molecule has 0 aliphatic carbocycles. The Morgan fingerprint density at radius 2 is 1.97 bits per heavy atom. The van der Waals surface area contributed by atoms with Crippen molar-refractivity contribution in [3.63, 3.8) is 0 Å². The average molecular weight is 459 g/mol. The predicted octanol–water partition coefficient (Wildman–Crippen LogP) is 5.87. The van der Waals surface area contributed by atoms with Gasteiger partial charge in [0.15, 0.2) is 5.13 Å². The number of anilines is 3. The summed E-state index contributed by atoms with van der Waals surface area (Å²) in [6.07, 6.45) is 0.249. The van der Waals surface area contributed by atoms with Gasteiger partial charge in [-0.1, -0.05) is 24.0 Å². The molecule has 1 aromatic heterocycles. The van der Waals surface area contributed by atoms with Crippen molar-refractivity contribution < 1.29 is 18.0 Å². The van der Waals surface area contributed by atoms with Crippen LogP contribution >= 0.6 is 11.3 Å². The van der Waals surface area contributed by atoms with Crippen LogP contribution in [-0.4, -0.2) is 17.1 Å². The van der Waals surface area contributed by atoms with Gasteiger partial charge in [-0.05, 0) is 49.4 Å². The zero-order valence-electron chi connectivity index (χ0n) is 17.0. The summed E-state index contributed by atoms with van der Waals surface area (Å²) in [5.41, 5.74) is 6.99. The van der Waals surface area contributed by atoms with Gasteiger partial charge in [0.25, 0.3) is 5.91 Å². The molecule has 0 aliphatic heterocycles. The molecule has 0 saturated carbocycles. The van der Waals surface area contributed by atoms with Gasteiger partial charge >= 0.3 is 6.18 Å². The molecule has 1 heterocycles. The second kappa shape index (κ2) is 9.65. The molecule has 0 bridgehead atoms. The Morgan fingerprint density at radius 3 is 2.59 bits per heavy atom. The summed E-state index contributed by atoms with van der Waals surface area (Å²) in [7, 11) is 0. The Kier molecular flexibility index (Phi) is 6.94. The fourth-order valence-corrected chi connectivity index (χ4v) is 3.55. The molecule has 1 amide bonds. The first-order valence-electron chi connectivity index (χ1n) is 9.43. The van der Waals surface area contributed by atoms with Crippen molar-refractivity contribution in [2.24, 2.45) is 4.99 Å². The van der Waals surface area contributed by atoms with Crippen LogP contribution in [0.15, 0.2) is 66.3 Å². The Hall–Kier alpha value is -3.66. The van der Waals surface area contributed by atoms with E-state index in [1.807, 2.05) is 0 Å². The van der Waals surface area contributed by atoms with Crippen molar-refractivity contribution >= 4 is 45.7 Å². The maximum Gasteiger partial charge on any atom is 0.416 e. The maximum absolute atomic E-state index is 12.7. The van der Waals surface area contributed by atoms with Gasteiger partial charge in [0.2, 0.25) is 0 Å². The van der Waals surface area contributed by atoms with Gasteiger partial charge in [0, 0.05) is 28.5 Å². The molecule has 0 aliphatic rings. The van der Waals surface area contributed by atoms with E-state index in [1.165, 1.54) is 35.8 Å². The maximum atomic E-state index is 12.7. The predicted molar refractivity (Wildman–Crippen MR) is 122 cm³/mol. The molecule has 3 aromatic rings. The lowest BCUT2D eigenvalue weighted by Gasteiger charge is -2.12. The van der Waals surface area contributed by atoms with Crippen molar-refractivity contribution in [1.29, 1.82) is 0 Å². The van der Waals surface area contributed by atoms with E-state index in [4.69, 9.17) is 5.73 Å². The van der Waals surface area contributed by atoms with Crippen LogP contribution in [-0.2, 0) is 6.18 Å². The monoisotopic (exact) mass is 459 g/mol. The third-order valence-corrected chi connectivity index (χ3v) is 5.47. The minimum Gasteiger partial charge on any atom is -0.397 e. The van der Waals surface area contributed by atoms with Crippen LogP contribution in [0.3, 0.4) is 0 Å². The lowest BCUT2D eigenvalue weighted by atomic mass is 10.1. The number of hydrogen-bond donors (Lipinski definition) is 3. The first kappa shape index (κ1) is 23.0. The van der Waals surface area contributed by atoms with E-state index < -0.39 is 11.7 Å². The third kappa shape index (κ3) is 5.73. The number of carbonyl (C=O) groups is 1. The van der Waals surface area contributed by atoms with E-state index in [9.17, 15) is 18.0 Å². The highest BCUT2D eigenvalue weighted by Crippen LogP contribution is 2.32. The van der Waals surface area contributed by atoms with E-state index in [1.54, 1.807) is 31.3 Å². The fraction of sp³-hybridized carbons (Fsp3) is 0.136. The topological polar surface area (TPSA) is 92.4 Å². The van der Waals surface area contributed by atoms with E-state index >= 15 is 0 Å². The van der Waals surface area contributed by atoms with Crippen LogP contribution in [0.25, 0.3) is 0 Å². The number of nitrogens with one attached hydrogen (secondary N) is 2. The molecule has 10 heteroatoms. The SMILES string of the molecule is C=C/C=N\c1ccc(C(=O)NC(C)c2cnc(Nc3ccc(C(F)(F)F)cc3)s2)cc1N. The highest BCUT2D eigenvalue weighted by Gasteiger charge is 2.30. The van der Waals surface area contributed by atoms with E-state index in [0.717, 1.165) is 17.0 Å². The van der Waals surface area contributed by atoms with Crippen molar-refractivity contribution in [3.05, 3.63) is 77.3 Å². The minimum atomic E-state index is -4.38. The van der Waals surface area contributed by atoms with Gasteiger partial charge in [-0.15, -0.1) is 0 Å². The fourth-order valence-electron chi connectivity index (χ4n) is 2.71. The first-order chi connectivity index (χ1) is 15.2. The molecule has 0 fully saturated rings. The molecule has 2 aromatic carbocycles. The van der Waals surface area contributed by atoms with Gasteiger partial charge in [0.05, 0.1) is 23.0 Å². The van der Waals surface area contributed by atoms with Crippen LogP contribution in [0.1, 0.15) is 33.8 Å². The number of nitrogens with two attached hydrogens (primary N) is 1. The number of nitrogen functional groups attached to an aromatic ring is 1. The molecule has 166 valence electrons. The number of alkyl halides is 3. The molecule has 1 atom stereocenters. The molecule has 3 rings (SSSR count). The van der Waals surface area contributed by atoms with Crippen molar-refractivity contribution in [2.45, 2.75) is 19.1 Å². The van der Waals surface area contributed by atoms with Crippen LogP contribution in [0, 0.1) is 0 Å². The van der Waals surface area contributed by atoms with Crippen molar-refractivity contribution in [2.75, 3.05) is 11.1 Å². The molecular weight excluding hydrogens is 439 g/mol. The molecule has 0 radical (unpaired) electrons. The largest absolute Gasteiger partial charge is 0.416 e. The molecule has 6 nitrogen and oxygen atoms in total. The number of thiazole rings is 1. The molecule has 0 spiro atoms. The number of halogens is 3. The van der Waals surface area contributed by atoms with E-state index in [0.29, 0.717) is 27.8 Å². The van der Waals surface area contributed by atoms with Gasteiger partial charge < -0.3 is 16.4 Å². The van der Waals surface area contributed by atoms with E-state index in [-0.39, 0.29) is 11.9 Å². The highest BCUT2D eigenvalue weighted by molar-refractivity contribution is 7.15. The van der Waals surface area contributed by atoms with Crippen LogP contribution < -0.4 is 16.4 Å².